The fourth-order valence-electron chi connectivity index (χ4n) is 9.89. The van der Waals surface area contributed by atoms with Crippen LogP contribution in [-0.2, 0) is 0 Å². The lowest BCUT2D eigenvalue weighted by molar-refractivity contribution is 0.975. The predicted octanol–water partition coefficient (Wildman–Crippen LogP) is 20.9. The molecule has 0 heterocycles. The van der Waals surface area contributed by atoms with Crippen LogP contribution in [0.15, 0.2) is 241 Å². The van der Waals surface area contributed by atoms with E-state index in [0.717, 1.165) is 72.8 Å². The first-order valence-electron chi connectivity index (χ1n) is 23.9. The van der Waals surface area contributed by atoms with Crippen LogP contribution in [-0.4, -0.2) is 0 Å². The van der Waals surface area contributed by atoms with Crippen molar-refractivity contribution in [1.29, 1.82) is 10.5 Å². The molecule has 360 valence electrons. The largest absolute Gasteiger partial charge is 0.311 e. The van der Waals surface area contributed by atoms with Gasteiger partial charge in [-0.25, -0.2) is 4.85 Å². The van der Waals surface area contributed by atoms with E-state index in [9.17, 15) is 10.5 Å². The molecule has 9 heteroatoms. The molecule has 0 amide bonds. The van der Waals surface area contributed by atoms with Crippen molar-refractivity contribution in [2.45, 2.75) is 18.8 Å². The van der Waals surface area contributed by atoms with Crippen LogP contribution in [0.3, 0.4) is 0 Å². The summed E-state index contributed by atoms with van der Waals surface area (Å²) in [7, 11) is 0. The van der Waals surface area contributed by atoms with Gasteiger partial charge in [-0.3, -0.25) is 0 Å². The molecular formula is C66H41Br5N4. The van der Waals surface area contributed by atoms with Crippen molar-refractivity contribution in [3.63, 3.8) is 0 Å². The lowest BCUT2D eigenvalue weighted by Gasteiger charge is -2.26. The number of nitriles is 2. The topological polar surface area (TPSA) is 55.2 Å². The molecule has 0 saturated heterocycles. The van der Waals surface area contributed by atoms with Crippen molar-refractivity contribution in [2.24, 2.45) is 0 Å². The second-order valence-electron chi connectivity index (χ2n) is 18.1. The molecule has 0 aliphatic heterocycles. The number of anilines is 3. The Morgan fingerprint density at radius 3 is 0.893 bits per heavy atom. The quantitative estimate of drug-likeness (QED) is 0.0905. The third-order valence-corrected chi connectivity index (χ3v) is 16.1. The highest BCUT2D eigenvalue weighted by atomic mass is 79.9. The maximum Gasteiger partial charge on any atom is 0.205 e. The van der Waals surface area contributed by atoms with E-state index in [2.05, 4.69) is 254 Å². The molecular weight excluding hydrogens is 1250 g/mol. The van der Waals surface area contributed by atoms with Crippen molar-refractivity contribution >= 4 is 102 Å². The summed E-state index contributed by atoms with van der Waals surface area (Å²) in [5.74, 6) is -0.185. The van der Waals surface area contributed by atoms with E-state index in [1.54, 1.807) is 0 Å². The Balaban J connectivity index is 1.17. The number of hydrogen-bond acceptors (Lipinski definition) is 3. The predicted molar refractivity (Wildman–Crippen MR) is 324 cm³/mol. The number of rotatable bonds is 12. The molecule has 0 saturated carbocycles. The zero-order chi connectivity index (χ0) is 52.2. The van der Waals surface area contributed by atoms with Crippen molar-refractivity contribution < 1.29 is 0 Å². The van der Waals surface area contributed by atoms with Gasteiger partial charge in [-0.2, -0.15) is 10.5 Å². The highest BCUT2D eigenvalue weighted by Gasteiger charge is 2.29. The molecule has 0 aliphatic carbocycles. The Bertz CT molecular complexity index is 3240. The molecule has 10 aromatic carbocycles. The van der Waals surface area contributed by atoms with E-state index in [4.69, 9.17) is 6.57 Å². The first-order valence-corrected chi connectivity index (χ1v) is 27.8. The number of aryl methyl sites for hydroxylation is 1. The minimum Gasteiger partial charge on any atom is -0.311 e. The van der Waals surface area contributed by atoms with Crippen LogP contribution in [0.1, 0.15) is 61.9 Å². The van der Waals surface area contributed by atoms with Crippen molar-refractivity contribution in [3.05, 3.63) is 302 Å². The van der Waals surface area contributed by atoms with Crippen LogP contribution in [0.5, 0.6) is 0 Å². The molecule has 10 rings (SSSR count). The van der Waals surface area contributed by atoms with Gasteiger partial charge in [-0.15, -0.1) is 0 Å². The average molecular weight is 1290 g/mol. The molecule has 0 bridgehead atoms. The third-order valence-electron chi connectivity index (χ3n) is 13.5. The Hall–Kier alpha value is -7.13. The summed E-state index contributed by atoms with van der Waals surface area (Å²) < 4.78 is 4.91. The monoisotopic (exact) mass is 1280 g/mol. The summed E-state index contributed by atoms with van der Waals surface area (Å²) in [5.41, 5.74) is 14.8. The Morgan fingerprint density at radius 2 is 0.600 bits per heavy atom. The van der Waals surface area contributed by atoms with Gasteiger partial charge in [0.2, 0.25) is 5.69 Å². The Kier molecular flexibility index (Phi) is 15.6. The maximum absolute atomic E-state index is 11.5. The van der Waals surface area contributed by atoms with E-state index >= 15 is 0 Å². The standard InChI is InChI=1S/C66H41Br5N4/c1-41-3-5-42(6-4-41)61(45-15-23-51(67)24-16-45)43-7-11-48(12-8-43)63-59(39-72)64(49-13-9-44(10-14-49)62(46-17-25-52(68)26-18-46)47-19-27-53(69)28-20-47)66(74-2)65(60(63)40-73)50-21-33-56(34-22-50)75(57-35-29-54(70)30-36-57)58-37-31-55(71)32-38-58/h3-38,61-62H,1H3. The molecule has 1 atom stereocenters. The van der Waals surface area contributed by atoms with Gasteiger partial charge in [0.15, 0.2) is 0 Å². The molecule has 75 heavy (non-hydrogen) atoms. The third kappa shape index (κ3) is 10.9. The molecule has 10 aromatic rings. The molecule has 0 aromatic heterocycles. The van der Waals surface area contributed by atoms with Crippen LogP contribution in [0.25, 0.3) is 38.2 Å². The summed E-state index contributed by atoms with van der Waals surface area (Å²) in [5, 5.41) is 22.9. The molecule has 0 radical (unpaired) electrons. The zero-order valence-electron chi connectivity index (χ0n) is 40.1. The fourth-order valence-corrected chi connectivity index (χ4v) is 11.2. The number of hydrogen-bond donors (Lipinski definition) is 0. The van der Waals surface area contributed by atoms with Crippen molar-refractivity contribution in [2.75, 3.05) is 4.90 Å². The van der Waals surface area contributed by atoms with Crippen molar-refractivity contribution in [3.8, 4) is 45.5 Å². The number of benzene rings is 10. The van der Waals surface area contributed by atoms with Gasteiger partial charge in [-0.05, 0) is 154 Å². The summed E-state index contributed by atoms with van der Waals surface area (Å²) >= 11 is 18.1. The molecule has 0 fully saturated rings. The van der Waals surface area contributed by atoms with Crippen LogP contribution in [0.2, 0.25) is 0 Å². The fraction of sp³-hybridized carbons (Fsp3) is 0.0455. The minimum absolute atomic E-state index is 0.0840. The van der Waals surface area contributed by atoms with Crippen molar-refractivity contribution in [1.82, 2.24) is 0 Å². The van der Waals surface area contributed by atoms with E-state index < -0.39 is 0 Å². The summed E-state index contributed by atoms with van der Waals surface area (Å²) in [6.45, 7) is 11.0. The lowest BCUT2D eigenvalue weighted by Crippen LogP contribution is -2.09. The van der Waals surface area contributed by atoms with E-state index in [1.165, 1.54) is 5.56 Å². The molecule has 0 spiro atoms. The van der Waals surface area contributed by atoms with Gasteiger partial charge in [0, 0.05) is 68.0 Å². The van der Waals surface area contributed by atoms with Crippen LogP contribution >= 0.6 is 79.6 Å². The Morgan fingerprint density at radius 1 is 0.360 bits per heavy atom. The maximum atomic E-state index is 11.5. The molecule has 4 nitrogen and oxygen atoms in total. The smallest absolute Gasteiger partial charge is 0.205 e. The van der Waals surface area contributed by atoms with Gasteiger partial charge < -0.3 is 4.90 Å². The summed E-state index contributed by atoms with van der Waals surface area (Å²) in [6, 6.07) is 79.5. The van der Waals surface area contributed by atoms with E-state index in [-0.39, 0.29) is 28.7 Å². The molecule has 0 N–H and O–H groups in total. The van der Waals surface area contributed by atoms with E-state index in [0.29, 0.717) is 33.4 Å². The van der Waals surface area contributed by atoms with Gasteiger partial charge in [0.25, 0.3) is 0 Å². The van der Waals surface area contributed by atoms with Gasteiger partial charge >= 0.3 is 0 Å². The summed E-state index contributed by atoms with van der Waals surface area (Å²) in [6.07, 6.45) is 0. The first kappa shape index (κ1) is 51.4. The van der Waals surface area contributed by atoms with Gasteiger partial charge in [0.1, 0.15) is 0 Å². The van der Waals surface area contributed by atoms with E-state index in [1.807, 2.05) is 72.8 Å². The van der Waals surface area contributed by atoms with Gasteiger partial charge in [-0.1, -0.05) is 207 Å². The normalized spacial score (nSPS) is 11.4. The molecule has 0 aliphatic rings. The van der Waals surface area contributed by atoms with Crippen LogP contribution in [0.4, 0.5) is 22.7 Å². The highest BCUT2D eigenvalue weighted by Crippen LogP contribution is 2.50. The minimum atomic E-state index is -0.101. The number of halogens is 5. The average Bonchev–Trinajstić information content (AvgIpc) is 3.44. The SMILES string of the molecule is [C-]#[N+]c1c(-c2ccc(C(c3ccc(Br)cc3)c3ccc(Br)cc3)cc2)c(C#N)c(-c2ccc(C(c3ccc(C)cc3)c3ccc(Br)cc3)cc2)c(C#N)c1-c1ccc(N(c2ccc(Br)cc2)c2ccc(Br)cc2)cc1. The zero-order valence-corrected chi connectivity index (χ0v) is 48.0. The van der Waals surface area contributed by atoms with Crippen LogP contribution in [0, 0.1) is 36.2 Å². The second kappa shape index (κ2) is 22.8. The first-order chi connectivity index (χ1) is 36.5. The number of nitrogens with zero attached hydrogens (tertiary/aromatic N) is 4. The second-order valence-corrected chi connectivity index (χ2v) is 22.6. The Labute approximate surface area is 480 Å². The summed E-state index contributed by atoms with van der Waals surface area (Å²) in [4.78, 5) is 6.41. The lowest BCUT2D eigenvalue weighted by atomic mass is 9.80. The van der Waals surface area contributed by atoms with Gasteiger partial charge in [0.05, 0.1) is 29.8 Å². The molecule has 1 unspecified atom stereocenters. The highest BCUT2D eigenvalue weighted by molar-refractivity contribution is 9.11. The van der Waals surface area contributed by atoms with Crippen LogP contribution < -0.4 is 4.90 Å².